The van der Waals surface area contributed by atoms with Gasteiger partial charge in [-0.25, -0.2) is 0 Å². The van der Waals surface area contributed by atoms with Gasteiger partial charge in [-0.15, -0.1) is 0 Å². The van der Waals surface area contributed by atoms with E-state index in [1.165, 1.54) is 28.8 Å². The maximum atomic E-state index is 13.2. The summed E-state index contributed by atoms with van der Waals surface area (Å²) in [5, 5.41) is 0.467. The fourth-order valence-electron chi connectivity index (χ4n) is 3.72. The zero-order valence-corrected chi connectivity index (χ0v) is 20.0. The Balaban J connectivity index is 1.79. The number of amidine groups is 1. The van der Waals surface area contributed by atoms with Crippen LogP contribution in [0.2, 0.25) is 0 Å². The molecule has 1 aliphatic heterocycles. The number of alkyl halides is 6. The molecular formula is C23H23F6N3S2. The molecule has 1 fully saturated rings. The van der Waals surface area contributed by atoms with Gasteiger partial charge in [-0.3, -0.25) is 9.89 Å². The van der Waals surface area contributed by atoms with Crippen molar-refractivity contribution < 1.29 is 26.3 Å². The molecule has 1 unspecified atom stereocenters. The summed E-state index contributed by atoms with van der Waals surface area (Å²) < 4.78 is 78.5. The molecule has 0 bridgehead atoms. The Hall–Kier alpha value is -2.27. The van der Waals surface area contributed by atoms with Crippen molar-refractivity contribution in [3.05, 3.63) is 70.8 Å². The van der Waals surface area contributed by atoms with Crippen LogP contribution in [0.15, 0.2) is 53.5 Å². The van der Waals surface area contributed by atoms with Crippen molar-refractivity contribution in [3.8, 4) is 0 Å². The normalized spacial score (nSPS) is 18.5. The molecule has 0 spiro atoms. The lowest BCUT2D eigenvalue weighted by atomic mass is 9.85. The molecule has 0 amide bonds. The molecule has 1 heterocycles. The number of thiocarbonyl (C=S) groups is 1. The fourth-order valence-corrected chi connectivity index (χ4v) is 5.16. The second-order valence-corrected chi connectivity index (χ2v) is 10.2. The summed E-state index contributed by atoms with van der Waals surface area (Å²) in [6.07, 6.45) is -8.54. The molecule has 0 aliphatic carbocycles. The van der Waals surface area contributed by atoms with Crippen LogP contribution >= 0.6 is 24.0 Å². The third kappa shape index (κ3) is 6.44. The summed E-state index contributed by atoms with van der Waals surface area (Å²) in [6.45, 7) is 4.03. The van der Waals surface area contributed by atoms with Gasteiger partial charge in [0.15, 0.2) is 10.3 Å². The van der Waals surface area contributed by atoms with Crippen LogP contribution < -0.4 is 5.73 Å². The van der Waals surface area contributed by atoms with Gasteiger partial charge < -0.3 is 5.73 Å². The van der Waals surface area contributed by atoms with Crippen molar-refractivity contribution in [1.82, 2.24) is 4.90 Å². The Morgan fingerprint density at radius 3 is 2.21 bits per heavy atom. The van der Waals surface area contributed by atoms with Crippen LogP contribution in [-0.4, -0.2) is 27.5 Å². The van der Waals surface area contributed by atoms with Gasteiger partial charge in [0.25, 0.3) is 0 Å². The molecule has 34 heavy (non-hydrogen) atoms. The highest BCUT2D eigenvalue weighted by Gasteiger charge is 2.36. The Kier molecular flexibility index (Phi) is 7.57. The van der Waals surface area contributed by atoms with E-state index in [-0.39, 0.29) is 11.7 Å². The van der Waals surface area contributed by atoms with Crippen molar-refractivity contribution in [2.24, 2.45) is 16.1 Å². The van der Waals surface area contributed by atoms with Crippen molar-refractivity contribution in [3.63, 3.8) is 0 Å². The average molecular weight is 520 g/mol. The lowest BCUT2D eigenvalue weighted by molar-refractivity contribution is -0.138. The Labute approximate surface area is 203 Å². The van der Waals surface area contributed by atoms with Gasteiger partial charge >= 0.3 is 12.4 Å². The average Bonchev–Trinajstić information content (AvgIpc) is 3.16. The lowest BCUT2D eigenvalue weighted by Crippen LogP contribution is -2.38. The molecule has 0 aromatic heterocycles. The van der Waals surface area contributed by atoms with Gasteiger partial charge in [-0.2, -0.15) is 26.3 Å². The smallest absolute Gasteiger partial charge is 0.376 e. The van der Waals surface area contributed by atoms with E-state index in [1.54, 1.807) is 12.1 Å². The first-order valence-corrected chi connectivity index (χ1v) is 11.7. The predicted molar refractivity (Wildman–Crippen MR) is 126 cm³/mol. The van der Waals surface area contributed by atoms with E-state index < -0.39 is 34.9 Å². The van der Waals surface area contributed by atoms with E-state index in [9.17, 15) is 26.3 Å². The van der Waals surface area contributed by atoms with Gasteiger partial charge in [0.05, 0.1) is 17.2 Å². The van der Waals surface area contributed by atoms with E-state index in [4.69, 9.17) is 18.0 Å². The number of thioether (sulfide) groups is 1. The minimum absolute atomic E-state index is 0.0122. The van der Waals surface area contributed by atoms with Crippen molar-refractivity contribution in [1.29, 1.82) is 0 Å². The minimum atomic E-state index is -4.47. The van der Waals surface area contributed by atoms with E-state index in [2.05, 4.69) is 4.99 Å². The van der Waals surface area contributed by atoms with E-state index in [0.29, 0.717) is 28.5 Å². The largest absolute Gasteiger partial charge is 0.416 e. The molecule has 0 radical (unpaired) electrons. The highest BCUT2D eigenvalue weighted by molar-refractivity contribution is 8.14. The van der Waals surface area contributed by atoms with Gasteiger partial charge in [0.1, 0.15) is 0 Å². The molecular weight excluding hydrogens is 496 g/mol. The first kappa shape index (κ1) is 26.3. The van der Waals surface area contributed by atoms with E-state index >= 15 is 0 Å². The molecule has 3 rings (SSSR count). The van der Waals surface area contributed by atoms with Crippen LogP contribution in [0.5, 0.6) is 0 Å². The van der Waals surface area contributed by atoms with Crippen LogP contribution in [0.3, 0.4) is 0 Å². The van der Waals surface area contributed by atoms with Crippen LogP contribution in [0.4, 0.5) is 26.3 Å². The zero-order chi connectivity index (χ0) is 25.3. The van der Waals surface area contributed by atoms with Crippen LogP contribution in [0.1, 0.15) is 42.1 Å². The van der Waals surface area contributed by atoms with Crippen LogP contribution in [0.25, 0.3) is 0 Å². The zero-order valence-electron chi connectivity index (χ0n) is 18.4. The van der Waals surface area contributed by atoms with Crippen molar-refractivity contribution in [2.45, 2.75) is 38.7 Å². The summed E-state index contributed by atoms with van der Waals surface area (Å²) in [5.74, 6) is 0.408. The number of nitrogens with zero attached hydrogens (tertiary/aromatic N) is 2. The molecule has 11 heteroatoms. The number of rotatable bonds is 5. The van der Waals surface area contributed by atoms with Gasteiger partial charge in [-0.1, -0.05) is 55.9 Å². The number of hydrogen-bond donors (Lipinski definition) is 1. The highest BCUT2D eigenvalue weighted by atomic mass is 32.2. The first-order valence-electron chi connectivity index (χ1n) is 10.3. The van der Waals surface area contributed by atoms with Crippen molar-refractivity contribution >= 4 is 34.3 Å². The molecule has 2 aromatic rings. The highest BCUT2D eigenvalue weighted by Crippen LogP contribution is 2.38. The Bertz CT molecular complexity index is 1080. The quantitative estimate of drug-likeness (QED) is 0.353. The number of benzene rings is 2. The van der Waals surface area contributed by atoms with Gasteiger partial charge in [0.2, 0.25) is 0 Å². The second-order valence-electron chi connectivity index (χ2n) is 8.80. The number of aliphatic imine (C=N–C) groups is 1. The standard InChI is InChI=1S/C23H23F6N3S2/c1-21(2,11-14-5-3-7-16(9-14)22(24,25)26)13-31-20-32(19(30)33)18(12-34-20)15-6-4-8-17(10-15)23(27,28)29/h3-10,18H,11-13H2,1-2H3,(H2,30,33). The first-order chi connectivity index (χ1) is 15.7. The lowest BCUT2D eigenvalue weighted by Gasteiger charge is -2.27. The molecule has 2 aromatic carbocycles. The van der Waals surface area contributed by atoms with Gasteiger partial charge in [-0.05, 0) is 53.4 Å². The summed E-state index contributed by atoms with van der Waals surface area (Å²) in [7, 11) is 0. The maximum absolute atomic E-state index is 13.2. The molecule has 1 atom stereocenters. The summed E-state index contributed by atoms with van der Waals surface area (Å²) in [5.41, 5.74) is 4.89. The van der Waals surface area contributed by atoms with E-state index in [0.717, 1.165) is 24.3 Å². The number of hydrogen-bond acceptors (Lipinski definition) is 3. The number of nitrogens with two attached hydrogens (primary N) is 1. The number of halogens is 6. The second kappa shape index (κ2) is 9.77. The SMILES string of the molecule is CC(C)(CN=C1SCC(c2cccc(C(F)(F)F)c2)N1C(N)=S)Cc1cccc(C(F)(F)F)c1. The monoisotopic (exact) mass is 519 g/mol. The molecule has 1 aliphatic rings. The molecule has 2 N–H and O–H groups in total. The van der Waals surface area contributed by atoms with Gasteiger partial charge in [0, 0.05) is 12.3 Å². The molecule has 3 nitrogen and oxygen atoms in total. The third-order valence-corrected chi connectivity index (χ3v) is 6.57. The Morgan fingerprint density at radius 2 is 1.62 bits per heavy atom. The van der Waals surface area contributed by atoms with Crippen molar-refractivity contribution in [2.75, 3.05) is 12.3 Å². The molecule has 184 valence electrons. The van der Waals surface area contributed by atoms with Crippen LogP contribution in [0, 0.1) is 5.41 Å². The predicted octanol–water partition coefficient (Wildman–Crippen LogP) is 6.68. The third-order valence-electron chi connectivity index (χ3n) is 5.30. The summed E-state index contributed by atoms with van der Waals surface area (Å²) in [4.78, 5) is 6.14. The van der Waals surface area contributed by atoms with Crippen LogP contribution in [-0.2, 0) is 18.8 Å². The Morgan fingerprint density at radius 1 is 1.03 bits per heavy atom. The molecule has 1 saturated heterocycles. The molecule has 0 saturated carbocycles. The minimum Gasteiger partial charge on any atom is -0.376 e. The van der Waals surface area contributed by atoms with E-state index in [1.807, 2.05) is 13.8 Å². The topological polar surface area (TPSA) is 41.6 Å². The fraction of sp³-hybridized carbons (Fsp3) is 0.391. The summed E-state index contributed by atoms with van der Waals surface area (Å²) in [6, 6.07) is 9.68. The maximum Gasteiger partial charge on any atom is 0.416 e. The summed E-state index contributed by atoms with van der Waals surface area (Å²) >= 11 is 6.48.